The second-order valence-corrected chi connectivity index (χ2v) is 6.60. The van der Waals surface area contributed by atoms with Gasteiger partial charge in [-0.15, -0.1) is 0 Å². The zero-order valence-electron chi connectivity index (χ0n) is 14.4. The van der Waals surface area contributed by atoms with Crippen LogP contribution in [0.2, 0.25) is 0 Å². The van der Waals surface area contributed by atoms with Crippen LogP contribution in [0, 0.1) is 0 Å². The maximum Gasteiger partial charge on any atom is 0.274 e. The summed E-state index contributed by atoms with van der Waals surface area (Å²) in [7, 11) is 0. The highest BCUT2D eigenvalue weighted by Gasteiger charge is 2.45. The fraction of sp³-hybridized carbons (Fsp3) is 0.706. The van der Waals surface area contributed by atoms with Crippen LogP contribution in [0.15, 0.2) is 16.9 Å². The molecule has 0 saturated carbocycles. The molecule has 1 aromatic rings. The van der Waals surface area contributed by atoms with E-state index in [2.05, 4.69) is 12.0 Å². The first kappa shape index (κ1) is 17.1. The van der Waals surface area contributed by atoms with Crippen molar-refractivity contribution >= 4 is 5.91 Å². The number of carbonyl (C=O) groups excluding carboxylic acids is 1. The van der Waals surface area contributed by atoms with Crippen molar-refractivity contribution in [3.05, 3.63) is 28.2 Å². The lowest BCUT2D eigenvalue weighted by Crippen LogP contribution is -2.57. The molecule has 2 aliphatic rings. The Morgan fingerprint density at radius 1 is 1.42 bits per heavy atom. The molecule has 7 heteroatoms. The number of hydrogen-bond donors (Lipinski definition) is 0. The zero-order chi connectivity index (χ0) is 17.2. The van der Waals surface area contributed by atoms with E-state index in [-0.39, 0.29) is 17.6 Å². The zero-order valence-corrected chi connectivity index (χ0v) is 14.4. The van der Waals surface area contributed by atoms with Gasteiger partial charge < -0.3 is 14.4 Å². The van der Waals surface area contributed by atoms with Gasteiger partial charge in [-0.3, -0.25) is 9.59 Å². The summed E-state index contributed by atoms with van der Waals surface area (Å²) < 4.78 is 13.1. The van der Waals surface area contributed by atoms with Gasteiger partial charge in [-0.1, -0.05) is 13.8 Å². The number of amides is 1. The third-order valence-corrected chi connectivity index (χ3v) is 4.65. The van der Waals surface area contributed by atoms with E-state index < -0.39 is 5.60 Å². The summed E-state index contributed by atoms with van der Waals surface area (Å²) in [5.41, 5.74) is -0.261. The molecule has 132 valence electrons. The normalized spacial score (nSPS) is 26.9. The standard InChI is InChI=1S/C17H25N3O4/c1-3-8-20-15(21)6-5-14(18-20)16(22)19-10-13(4-2)24-17(11-19)7-9-23-12-17/h5-6,13H,3-4,7-12H2,1-2H3/t13-,17+/m1/s1. The molecule has 1 spiro atoms. The fourth-order valence-electron chi connectivity index (χ4n) is 3.36. The van der Waals surface area contributed by atoms with Gasteiger partial charge in [0.2, 0.25) is 0 Å². The predicted molar refractivity (Wildman–Crippen MR) is 88.0 cm³/mol. The van der Waals surface area contributed by atoms with Crippen molar-refractivity contribution in [3.63, 3.8) is 0 Å². The maximum absolute atomic E-state index is 12.9. The average Bonchev–Trinajstić information content (AvgIpc) is 3.03. The predicted octanol–water partition coefficient (Wildman–Crippen LogP) is 1.06. The fourth-order valence-corrected chi connectivity index (χ4v) is 3.36. The molecule has 2 aliphatic heterocycles. The molecule has 0 radical (unpaired) electrons. The third-order valence-electron chi connectivity index (χ3n) is 4.65. The number of hydrogen-bond acceptors (Lipinski definition) is 5. The Morgan fingerprint density at radius 3 is 2.92 bits per heavy atom. The summed E-state index contributed by atoms with van der Waals surface area (Å²) >= 11 is 0. The van der Waals surface area contributed by atoms with Crippen LogP contribution in [0.4, 0.5) is 0 Å². The van der Waals surface area contributed by atoms with Crippen molar-refractivity contribution in [1.82, 2.24) is 14.7 Å². The average molecular weight is 335 g/mol. The number of nitrogens with zero attached hydrogens (tertiary/aromatic N) is 3. The van der Waals surface area contributed by atoms with E-state index in [1.165, 1.54) is 16.8 Å². The maximum atomic E-state index is 12.9. The molecule has 3 heterocycles. The monoisotopic (exact) mass is 335 g/mol. The summed E-state index contributed by atoms with van der Waals surface area (Å²) in [6, 6.07) is 2.94. The Kier molecular flexibility index (Phi) is 5.01. The Morgan fingerprint density at radius 2 is 2.25 bits per heavy atom. The lowest BCUT2D eigenvalue weighted by molar-refractivity contribution is -0.145. The van der Waals surface area contributed by atoms with Crippen LogP contribution >= 0.6 is 0 Å². The van der Waals surface area contributed by atoms with Crippen molar-refractivity contribution in [1.29, 1.82) is 0 Å². The van der Waals surface area contributed by atoms with Crippen LogP contribution in [0.1, 0.15) is 43.6 Å². The van der Waals surface area contributed by atoms with E-state index in [0.717, 1.165) is 19.3 Å². The summed E-state index contributed by atoms with van der Waals surface area (Å²) in [6.45, 7) is 6.79. The summed E-state index contributed by atoms with van der Waals surface area (Å²) in [5, 5.41) is 4.24. The van der Waals surface area contributed by atoms with E-state index in [9.17, 15) is 9.59 Å². The van der Waals surface area contributed by atoms with E-state index in [4.69, 9.17) is 9.47 Å². The highest BCUT2D eigenvalue weighted by atomic mass is 16.6. The second-order valence-electron chi connectivity index (χ2n) is 6.60. The molecule has 2 saturated heterocycles. The van der Waals surface area contributed by atoms with Gasteiger partial charge in [0.25, 0.3) is 11.5 Å². The van der Waals surface area contributed by atoms with Gasteiger partial charge in [0.1, 0.15) is 11.3 Å². The van der Waals surface area contributed by atoms with Gasteiger partial charge in [0.15, 0.2) is 0 Å². The van der Waals surface area contributed by atoms with Crippen molar-refractivity contribution < 1.29 is 14.3 Å². The topological polar surface area (TPSA) is 73.7 Å². The molecule has 2 fully saturated rings. The minimum atomic E-state index is -0.396. The number of ether oxygens (including phenoxy) is 2. The van der Waals surface area contributed by atoms with Crippen LogP contribution in [0.3, 0.4) is 0 Å². The highest BCUT2D eigenvalue weighted by Crippen LogP contribution is 2.31. The van der Waals surface area contributed by atoms with Gasteiger partial charge in [-0.25, -0.2) is 4.68 Å². The van der Waals surface area contributed by atoms with Gasteiger partial charge >= 0.3 is 0 Å². The first-order valence-corrected chi connectivity index (χ1v) is 8.70. The molecule has 1 aromatic heterocycles. The first-order chi connectivity index (χ1) is 11.6. The molecule has 0 aromatic carbocycles. The second kappa shape index (κ2) is 7.03. The largest absolute Gasteiger partial charge is 0.378 e. The Bertz CT molecular complexity index is 651. The number of morpholine rings is 1. The smallest absolute Gasteiger partial charge is 0.274 e. The number of carbonyl (C=O) groups is 1. The Labute approximate surface area is 141 Å². The molecule has 1 amide bonds. The molecule has 7 nitrogen and oxygen atoms in total. The van der Waals surface area contributed by atoms with Crippen LogP contribution in [-0.2, 0) is 16.0 Å². The van der Waals surface area contributed by atoms with Crippen molar-refractivity contribution in [2.75, 3.05) is 26.3 Å². The molecular formula is C17H25N3O4. The van der Waals surface area contributed by atoms with Crippen molar-refractivity contribution in [2.45, 2.75) is 51.4 Å². The summed E-state index contributed by atoms with van der Waals surface area (Å²) in [5.74, 6) is -0.145. The van der Waals surface area contributed by atoms with E-state index in [1.54, 1.807) is 4.90 Å². The molecule has 0 aliphatic carbocycles. The van der Waals surface area contributed by atoms with Crippen LogP contribution in [-0.4, -0.2) is 58.6 Å². The van der Waals surface area contributed by atoms with Crippen LogP contribution in [0.5, 0.6) is 0 Å². The van der Waals surface area contributed by atoms with Gasteiger partial charge in [-0.2, -0.15) is 5.10 Å². The summed E-state index contributed by atoms with van der Waals surface area (Å²) in [4.78, 5) is 26.5. The first-order valence-electron chi connectivity index (χ1n) is 8.70. The van der Waals surface area contributed by atoms with E-state index in [1.807, 2.05) is 6.92 Å². The van der Waals surface area contributed by atoms with Crippen LogP contribution < -0.4 is 5.56 Å². The molecular weight excluding hydrogens is 310 g/mol. The molecule has 0 unspecified atom stereocenters. The Hall–Kier alpha value is -1.73. The van der Waals surface area contributed by atoms with Crippen molar-refractivity contribution in [2.24, 2.45) is 0 Å². The molecule has 3 rings (SSSR count). The van der Waals surface area contributed by atoms with Crippen molar-refractivity contribution in [3.8, 4) is 0 Å². The van der Waals surface area contributed by atoms with Gasteiger partial charge in [0, 0.05) is 32.2 Å². The SMILES string of the molecule is CCCn1nc(C(=O)N2C[C@@H](CC)O[C@@]3(CCOC3)C2)ccc1=O. The Balaban J connectivity index is 1.83. The minimum Gasteiger partial charge on any atom is -0.378 e. The molecule has 2 atom stereocenters. The highest BCUT2D eigenvalue weighted by molar-refractivity contribution is 5.92. The number of aromatic nitrogens is 2. The molecule has 0 N–H and O–H groups in total. The number of aryl methyl sites for hydroxylation is 1. The lowest BCUT2D eigenvalue weighted by Gasteiger charge is -2.43. The van der Waals surface area contributed by atoms with E-state index in [0.29, 0.717) is 38.5 Å². The lowest BCUT2D eigenvalue weighted by atomic mass is 9.98. The molecule has 24 heavy (non-hydrogen) atoms. The quantitative estimate of drug-likeness (QED) is 0.823. The summed E-state index contributed by atoms with van der Waals surface area (Å²) in [6.07, 6.45) is 2.44. The third kappa shape index (κ3) is 3.37. The van der Waals surface area contributed by atoms with Gasteiger partial charge in [-0.05, 0) is 18.9 Å². The van der Waals surface area contributed by atoms with E-state index >= 15 is 0 Å². The van der Waals surface area contributed by atoms with Gasteiger partial charge in [0.05, 0.1) is 19.3 Å². The number of rotatable bonds is 4. The van der Waals surface area contributed by atoms with Crippen LogP contribution in [0.25, 0.3) is 0 Å². The molecule has 0 bridgehead atoms. The minimum absolute atomic E-state index is 0.00551.